The van der Waals surface area contributed by atoms with Gasteiger partial charge in [-0.15, -0.1) is 0 Å². The van der Waals surface area contributed by atoms with Crippen molar-refractivity contribution in [1.29, 1.82) is 0 Å². The molecule has 3 N–H and O–H groups in total. The van der Waals surface area contributed by atoms with Crippen molar-refractivity contribution in [3.8, 4) is 0 Å². The minimum Gasteiger partial charge on any atom is -0.424 e. The van der Waals surface area contributed by atoms with Crippen molar-refractivity contribution in [2.24, 2.45) is 5.92 Å². The first kappa shape index (κ1) is 25.1. The number of pyridine rings is 1. The Balaban J connectivity index is 1.54. The van der Waals surface area contributed by atoms with Gasteiger partial charge in [0.15, 0.2) is 6.23 Å². The number of rotatable bonds is 7. The fraction of sp³-hybridized carbons (Fsp3) is 0.333. The van der Waals surface area contributed by atoms with E-state index in [0.29, 0.717) is 17.9 Å². The Labute approximate surface area is 210 Å². The van der Waals surface area contributed by atoms with Gasteiger partial charge in [0.1, 0.15) is 11.9 Å². The second-order valence-electron chi connectivity index (χ2n) is 9.19. The highest BCUT2D eigenvalue weighted by Crippen LogP contribution is 2.32. The van der Waals surface area contributed by atoms with Crippen LogP contribution in [-0.4, -0.2) is 48.3 Å². The highest BCUT2D eigenvalue weighted by molar-refractivity contribution is 6.01. The van der Waals surface area contributed by atoms with Crippen LogP contribution in [0.4, 0.5) is 16.3 Å². The lowest BCUT2D eigenvalue weighted by Gasteiger charge is -2.31. The lowest BCUT2D eigenvalue weighted by molar-refractivity contribution is -0.130. The van der Waals surface area contributed by atoms with E-state index >= 15 is 0 Å². The zero-order valence-corrected chi connectivity index (χ0v) is 20.8. The number of hydrogen-bond donors (Lipinski definition) is 3. The van der Waals surface area contributed by atoms with Crippen molar-refractivity contribution < 1.29 is 19.1 Å². The third-order valence-corrected chi connectivity index (χ3v) is 6.31. The molecule has 36 heavy (non-hydrogen) atoms. The highest BCUT2D eigenvalue weighted by Gasteiger charge is 2.41. The molecule has 0 fully saturated rings. The third kappa shape index (κ3) is 5.31. The molecule has 9 heteroatoms. The van der Waals surface area contributed by atoms with Crippen molar-refractivity contribution in [2.45, 2.75) is 45.5 Å². The molecule has 3 amide bonds. The molecule has 188 valence electrons. The molecule has 0 saturated heterocycles. The summed E-state index contributed by atoms with van der Waals surface area (Å²) < 4.78 is 5.74. The van der Waals surface area contributed by atoms with Crippen LogP contribution in [0.3, 0.4) is 0 Å². The Bertz CT molecular complexity index is 1280. The largest absolute Gasteiger partial charge is 0.424 e. The number of nitrogens with one attached hydrogen (secondary N) is 3. The summed E-state index contributed by atoms with van der Waals surface area (Å²) in [5, 5.41) is 10.5. The van der Waals surface area contributed by atoms with Gasteiger partial charge in [0, 0.05) is 23.9 Å². The average molecular weight is 490 g/mol. The van der Waals surface area contributed by atoms with E-state index in [9.17, 15) is 14.4 Å². The maximum atomic E-state index is 13.7. The second kappa shape index (κ2) is 10.7. The van der Waals surface area contributed by atoms with Crippen LogP contribution in [0.2, 0.25) is 0 Å². The van der Waals surface area contributed by atoms with E-state index in [2.05, 4.69) is 20.9 Å². The molecule has 9 nitrogen and oxygen atoms in total. The van der Waals surface area contributed by atoms with Crippen LogP contribution in [0.15, 0.2) is 60.8 Å². The lowest BCUT2D eigenvalue weighted by Crippen LogP contribution is -2.56. The zero-order valence-electron chi connectivity index (χ0n) is 20.8. The predicted molar refractivity (Wildman–Crippen MR) is 139 cm³/mol. The number of aromatic nitrogens is 1. The van der Waals surface area contributed by atoms with E-state index in [1.165, 1.54) is 4.90 Å². The smallest absolute Gasteiger partial charge is 0.413 e. The number of carbonyl (C=O) groups is 3. The summed E-state index contributed by atoms with van der Waals surface area (Å²) >= 11 is 0. The minimum atomic E-state index is -0.900. The van der Waals surface area contributed by atoms with Gasteiger partial charge >= 0.3 is 6.09 Å². The van der Waals surface area contributed by atoms with Crippen LogP contribution in [0.5, 0.6) is 0 Å². The van der Waals surface area contributed by atoms with Crippen LogP contribution in [-0.2, 0) is 20.7 Å². The Kier molecular flexibility index (Phi) is 7.49. The summed E-state index contributed by atoms with van der Waals surface area (Å²) in [4.78, 5) is 44.9. The summed E-state index contributed by atoms with van der Waals surface area (Å²) in [6.07, 6.45) is 0.298. The van der Waals surface area contributed by atoms with Gasteiger partial charge < -0.3 is 15.4 Å². The molecule has 3 aromatic rings. The van der Waals surface area contributed by atoms with Crippen molar-refractivity contribution >= 4 is 40.2 Å². The van der Waals surface area contributed by atoms with Crippen molar-refractivity contribution in [3.63, 3.8) is 0 Å². The first-order valence-corrected chi connectivity index (χ1v) is 12.0. The average Bonchev–Trinajstić information content (AvgIpc) is 3.23. The summed E-state index contributed by atoms with van der Waals surface area (Å²) in [5.41, 5.74) is 1.37. The molecule has 3 atom stereocenters. The first-order valence-electron chi connectivity index (χ1n) is 12.0. The third-order valence-electron chi connectivity index (χ3n) is 6.31. The van der Waals surface area contributed by atoms with Gasteiger partial charge in [-0.3, -0.25) is 19.8 Å². The SMILES string of the molecule is CN[C@@H](C)C(=O)N[C@H](C(=O)N1c2ncccc2C[C@@H]1OC(=O)Nc1ccc2ccccc2c1)C(C)C. The number of likely N-dealkylation sites (N-methyl/N-ethyl adjacent to an activating group) is 1. The Morgan fingerprint density at radius 3 is 2.50 bits per heavy atom. The second-order valence-corrected chi connectivity index (χ2v) is 9.19. The summed E-state index contributed by atoms with van der Waals surface area (Å²) in [6, 6.07) is 15.7. The number of nitrogens with zero attached hydrogens (tertiary/aromatic N) is 2. The molecule has 1 aliphatic rings. The Morgan fingerprint density at radius 2 is 1.78 bits per heavy atom. The maximum absolute atomic E-state index is 13.7. The summed E-state index contributed by atoms with van der Waals surface area (Å²) in [6.45, 7) is 5.42. The number of amides is 3. The van der Waals surface area contributed by atoms with Crippen LogP contribution in [0, 0.1) is 5.92 Å². The number of fused-ring (bicyclic) bond motifs is 2. The number of carbonyl (C=O) groups excluding carboxylic acids is 3. The molecule has 2 heterocycles. The van der Waals surface area contributed by atoms with Crippen LogP contribution >= 0.6 is 0 Å². The first-order chi connectivity index (χ1) is 17.3. The maximum Gasteiger partial charge on any atom is 0.413 e. The Hall–Kier alpha value is -3.98. The van der Waals surface area contributed by atoms with Gasteiger partial charge in [-0.1, -0.05) is 50.2 Å². The molecule has 1 aromatic heterocycles. The zero-order chi connectivity index (χ0) is 25.8. The van der Waals surface area contributed by atoms with Crippen molar-refractivity contribution in [1.82, 2.24) is 15.6 Å². The molecular weight excluding hydrogens is 458 g/mol. The van der Waals surface area contributed by atoms with Gasteiger partial charge in [0.05, 0.1) is 6.04 Å². The molecule has 0 unspecified atom stereocenters. The minimum absolute atomic E-state index is 0.203. The summed E-state index contributed by atoms with van der Waals surface area (Å²) in [7, 11) is 1.68. The number of ether oxygens (including phenoxy) is 1. The van der Waals surface area contributed by atoms with E-state index in [0.717, 1.165) is 16.3 Å². The molecule has 0 aliphatic carbocycles. The summed E-state index contributed by atoms with van der Waals surface area (Å²) in [5.74, 6) is -0.461. The van der Waals surface area contributed by atoms with Gasteiger partial charge in [-0.25, -0.2) is 9.78 Å². The highest BCUT2D eigenvalue weighted by atomic mass is 16.6. The number of benzene rings is 2. The van der Waals surface area contributed by atoms with E-state index < -0.39 is 24.4 Å². The van der Waals surface area contributed by atoms with Crippen molar-refractivity contribution in [2.75, 3.05) is 17.3 Å². The standard InChI is InChI=1S/C27H31N5O4/c1-16(2)23(31-25(33)17(3)28-4)26(34)32-22(15-20-10-7-13-29-24(20)32)36-27(35)30-21-12-11-18-8-5-6-9-19(18)14-21/h5-14,16-17,22-23,28H,15H2,1-4H3,(H,30,35)(H,31,33)/t17-,22-,23-/m0/s1. The van der Waals surface area contributed by atoms with Crippen LogP contribution in [0.1, 0.15) is 26.3 Å². The monoisotopic (exact) mass is 489 g/mol. The van der Waals surface area contributed by atoms with Crippen LogP contribution < -0.4 is 20.9 Å². The van der Waals surface area contributed by atoms with E-state index in [1.807, 2.05) is 56.3 Å². The topological polar surface area (TPSA) is 113 Å². The van der Waals surface area contributed by atoms with Gasteiger partial charge in [-0.2, -0.15) is 0 Å². The molecule has 0 bridgehead atoms. The number of hydrogen-bond acceptors (Lipinski definition) is 6. The molecule has 0 saturated carbocycles. The lowest BCUT2D eigenvalue weighted by atomic mass is 10.0. The van der Waals surface area contributed by atoms with E-state index in [-0.39, 0.29) is 17.7 Å². The fourth-order valence-corrected chi connectivity index (χ4v) is 4.17. The molecular formula is C27H31N5O4. The van der Waals surface area contributed by atoms with Crippen molar-refractivity contribution in [3.05, 3.63) is 66.4 Å². The molecule has 2 aromatic carbocycles. The Morgan fingerprint density at radius 1 is 1.03 bits per heavy atom. The van der Waals surface area contributed by atoms with E-state index in [1.54, 1.807) is 32.3 Å². The van der Waals surface area contributed by atoms with Gasteiger partial charge in [0.2, 0.25) is 5.91 Å². The normalized spacial score (nSPS) is 16.4. The quantitative estimate of drug-likeness (QED) is 0.469. The predicted octanol–water partition coefficient (Wildman–Crippen LogP) is 3.45. The number of anilines is 2. The van der Waals surface area contributed by atoms with E-state index in [4.69, 9.17) is 4.74 Å². The molecule has 0 radical (unpaired) electrons. The molecule has 4 rings (SSSR count). The van der Waals surface area contributed by atoms with Crippen LogP contribution in [0.25, 0.3) is 10.8 Å². The molecule has 0 spiro atoms. The van der Waals surface area contributed by atoms with Gasteiger partial charge in [-0.05, 0) is 48.9 Å². The molecule has 1 aliphatic heterocycles. The van der Waals surface area contributed by atoms with Gasteiger partial charge in [0.25, 0.3) is 5.91 Å². The fourth-order valence-electron chi connectivity index (χ4n) is 4.17.